The van der Waals surface area contributed by atoms with E-state index >= 15 is 0 Å². The molecule has 6 heteroatoms. The van der Waals surface area contributed by atoms with Crippen LogP contribution in [0.25, 0.3) is 21.9 Å². The summed E-state index contributed by atoms with van der Waals surface area (Å²) in [4.78, 5) is 53.1. The molecule has 0 aromatic heterocycles. The summed E-state index contributed by atoms with van der Waals surface area (Å²) in [6.07, 6.45) is 1.76. The second-order valence-electron chi connectivity index (χ2n) is 9.43. The lowest BCUT2D eigenvalue weighted by Crippen LogP contribution is -2.49. The van der Waals surface area contributed by atoms with Gasteiger partial charge in [-0.1, -0.05) is 66.7 Å². The number of hydrogen-bond donors (Lipinski definition) is 0. The molecule has 6 rings (SSSR count). The Morgan fingerprint density at radius 1 is 0.757 bits per heavy atom. The number of ether oxygens (including phenoxy) is 1. The van der Waals surface area contributed by atoms with Gasteiger partial charge in [0.15, 0.2) is 12.4 Å². The molecule has 4 aromatic rings. The Bertz CT molecular complexity index is 1550. The van der Waals surface area contributed by atoms with Crippen LogP contribution in [0, 0.1) is 0 Å². The predicted octanol–water partition coefficient (Wildman–Crippen LogP) is 5.02. The highest BCUT2D eigenvalue weighted by Gasteiger charge is 2.40. The van der Waals surface area contributed by atoms with E-state index in [1.54, 1.807) is 24.3 Å². The molecular formula is C31H23NO5. The highest BCUT2D eigenvalue weighted by Crippen LogP contribution is 2.38. The summed E-state index contributed by atoms with van der Waals surface area (Å²) in [5.74, 6) is -2.24. The van der Waals surface area contributed by atoms with Crippen molar-refractivity contribution in [1.82, 2.24) is 4.90 Å². The van der Waals surface area contributed by atoms with Crippen LogP contribution in [0.2, 0.25) is 0 Å². The molecule has 0 fully saturated rings. The van der Waals surface area contributed by atoms with Crippen LogP contribution in [0.15, 0.2) is 78.9 Å². The third kappa shape index (κ3) is 3.73. The minimum absolute atomic E-state index is 0.370. The summed E-state index contributed by atoms with van der Waals surface area (Å²) in [7, 11) is 0. The van der Waals surface area contributed by atoms with Crippen molar-refractivity contribution in [1.29, 1.82) is 0 Å². The smallest absolute Gasteiger partial charge is 0.329 e. The maximum Gasteiger partial charge on any atom is 0.329 e. The van der Waals surface area contributed by atoms with Gasteiger partial charge in [-0.25, -0.2) is 4.79 Å². The fraction of sp³-hybridized carbons (Fsp3) is 0.161. The zero-order chi connectivity index (χ0) is 25.7. The fourth-order valence-electron chi connectivity index (χ4n) is 5.31. The van der Waals surface area contributed by atoms with Crippen molar-refractivity contribution in [3.05, 3.63) is 107 Å². The van der Waals surface area contributed by atoms with E-state index in [2.05, 4.69) is 0 Å². The van der Waals surface area contributed by atoms with Crippen molar-refractivity contribution >= 4 is 34.3 Å². The zero-order valence-corrected chi connectivity index (χ0v) is 20.2. The Hall–Kier alpha value is -4.58. The van der Waals surface area contributed by atoms with Crippen LogP contribution in [-0.2, 0) is 22.4 Å². The zero-order valence-electron chi connectivity index (χ0n) is 20.2. The molecule has 0 unspecified atom stereocenters. The summed E-state index contributed by atoms with van der Waals surface area (Å²) in [5.41, 5.74) is 5.49. The number of esters is 1. The lowest BCUT2D eigenvalue weighted by molar-refractivity contribution is -0.146. The molecule has 37 heavy (non-hydrogen) atoms. The molecule has 0 spiro atoms. The first kappa shape index (κ1) is 22.9. The van der Waals surface area contributed by atoms with E-state index in [9.17, 15) is 19.2 Å². The molecule has 0 bridgehead atoms. The third-order valence-electron chi connectivity index (χ3n) is 7.28. The van der Waals surface area contributed by atoms with Crippen molar-refractivity contribution in [2.75, 3.05) is 6.61 Å². The number of nitrogens with zero attached hydrogens (tertiary/aromatic N) is 1. The van der Waals surface area contributed by atoms with Crippen LogP contribution in [0.1, 0.15) is 49.1 Å². The van der Waals surface area contributed by atoms with Crippen LogP contribution >= 0.6 is 0 Å². The van der Waals surface area contributed by atoms with E-state index in [0.29, 0.717) is 22.1 Å². The Labute approximate surface area is 213 Å². The van der Waals surface area contributed by atoms with Crippen LogP contribution in [0.3, 0.4) is 0 Å². The van der Waals surface area contributed by atoms with Crippen LogP contribution < -0.4 is 0 Å². The predicted molar refractivity (Wildman–Crippen MR) is 138 cm³/mol. The molecular weight excluding hydrogens is 466 g/mol. The van der Waals surface area contributed by atoms with Crippen molar-refractivity contribution in [2.45, 2.75) is 25.8 Å². The average molecular weight is 490 g/mol. The second-order valence-corrected chi connectivity index (χ2v) is 9.43. The highest BCUT2D eigenvalue weighted by atomic mass is 16.5. The number of imide groups is 1. The van der Waals surface area contributed by atoms with Gasteiger partial charge in [0, 0.05) is 22.1 Å². The van der Waals surface area contributed by atoms with Crippen molar-refractivity contribution < 1.29 is 23.9 Å². The Kier molecular flexibility index (Phi) is 5.45. The first-order chi connectivity index (χ1) is 17.9. The van der Waals surface area contributed by atoms with E-state index in [0.717, 1.165) is 45.4 Å². The molecule has 1 aliphatic carbocycles. The molecule has 2 aliphatic rings. The topological polar surface area (TPSA) is 80.8 Å². The number of ketones is 1. The number of amides is 2. The summed E-state index contributed by atoms with van der Waals surface area (Å²) >= 11 is 0. The van der Waals surface area contributed by atoms with Gasteiger partial charge < -0.3 is 4.74 Å². The summed E-state index contributed by atoms with van der Waals surface area (Å²) < 4.78 is 5.26. The summed E-state index contributed by atoms with van der Waals surface area (Å²) in [6.45, 7) is 0.962. The van der Waals surface area contributed by atoms with Gasteiger partial charge in [-0.2, -0.15) is 0 Å². The number of benzene rings is 4. The van der Waals surface area contributed by atoms with Crippen molar-refractivity contribution in [3.8, 4) is 11.1 Å². The summed E-state index contributed by atoms with van der Waals surface area (Å²) in [6, 6.07) is 23.0. The maximum atomic E-state index is 13.3. The molecule has 6 nitrogen and oxygen atoms in total. The summed E-state index contributed by atoms with van der Waals surface area (Å²) in [5, 5.41) is 1.66. The van der Waals surface area contributed by atoms with E-state index in [-0.39, 0.29) is 5.78 Å². The molecule has 0 saturated carbocycles. The number of rotatable bonds is 6. The van der Waals surface area contributed by atoms with E-state index in [4.69, 9.17) is 4.74 Å². The first-order valence-electron chi connectivity index (χ1n) is 12.2. The number of carbonyl (C=O) groups excluding carboxylic acids is 4. The number of carbonyl (C=O) groups is 4. The van der Waals surface area contributed by atoms with Gasteiger partial charge in [-0.3, -0.25) is 19.3 Å². The Morgan fingerprint density at radius 2 is 1.32 bits per heavy atom. The van der Waals surface area contributed by atoms with Gasteiger partial charge in [0.25, 0.3) is 11.8 Å². The number of aryl methyl sites for hydroxylation is 2. The van der Waals surface area contributed by atoms with E-state index in [1.807, 2.05) is 54.6 Å². The van der Waals surface area contributed by atoms with Gasteiger partial charge in [-0.05, 0) is 59.5 Å². The minimum atomic E-state index is -1.18. The molecule has 1 atom stereocenters. The van der Waals surface area contributed by atoms with Gasteiger partial charge in [-0.15, -0.1) is 0 Å². The van der Waals surface area contributed by atoms with Crippen LogP contribution in [0.5, 0.6) is 0 Å². The van der Waals surface area contributed by atoms with Crippen molar-refractivity contribution in [3.63, 3.8) is 0 Å². The Balaban J connectivity index is 1.17. The van der Waals surface area contributed by atoms with Gasteiger partial charge >= 0.3 is 5.97 Å². The first-order valence-corrected chi connectivity index (χ1v) is 12.2. The molecule has 1 aliphatic heterocycles. The van der Waals surface area contributed by atoms with Gasteiger partial charge in [0.2, 0.25) is 0 Å². The maximum absolute atomic E-state index is 13.3. The minimum Gasteiger partial charge on any atom is -0.456 e. The molecule has 4 aromatic carbocycles. The molecule has 0 radical (unpaired) electrons. The fourth-order valence-corrected chi connectivity index (χ4v) is 5.31. The third-order valence-corrected chi connectivity index (χ3v) is 7.28. The van der Waals surface area contributed by atoms with E-state index < -0.39 is 30.4 Å². The van der Waals surface area contributed by atoms with Crippen molar-refractivity contribution in [2.24, 2.45) is 0 Å². The van der Waals surface area contributed by atoms with Gasteiger partial charge in [0.05, 0.1) is 0 Å². The standard InChI is InChI=1S/C31H23NO5/c1-18(31(36)37-17-26(33)21-9-7-20(8-10-21)19-5-3-2-4-6-19)32-29(34)24-15-13-22-11-12-23-14-16-25(30(32)35)28(24)27(22)23/h2-10,13-16,18H,11-12,17H2,1H3/t18-/m0/s1. The quantitative estimate of drug-likeness (QED) is 0.216. The molecule has 2 amide bonds. The number of Topliss-reactive ketones (excluding diaryl/α,β-unsaturated/α-hetero) is 1. The van der Waals surface area contributed by atoms with Crippen LogP contribution in [0.4, 0.5) is 0 Å². The lowest BCUT2D eigenvalue weighted by atomic mass is 9.90. The SMILES string of the molecule is C[C@@H](C(=O)OCC(=O)c1ccc(-c2ccccc2)cc1)N1C(=O)c2ccc3c4c(ccc(c24)C1=O)CC3. The monoisotopic (exact) mass is 489 g/mol. The molecule has 0 saturated heterocycles. The Morgan fingerprint density at radius 3 is 1.92 bits per heavy atom. The average Bonchev–Trinajstić information content (AvgIpc) is 3.36. The molecule has 0 N–H and O–H groups in total. The van der Waals surface area contributed by atoms with Crippen LogP contribution in [-0.4, -0.2) is 41.1 Å². The molecule has 1 heterocycles. The number of hydrogen-bond acceptors (Lipinski definition) is 5. The molecule has 182 valence electrons. The lowest BCUT2D eigenvalue weighted by Gasteiger charge is -2.31. The van der Waals surface area contributed by atoms with Gasteiger partial charge in [0.1, 0.15) is 6.04 Å². The van der Waals surface area contributed by atoms with E-state index in [1.165, 1.54) is 6.92 Å². The highest BCUT2D eigenvalue weighted by molar-refractivity contribution is 6.27. The second kappa shape index (κ2) is 8.82. The largest absolute Gasteiger partial charge is 0.456 e. The normalized spacial score (nSPS) is 14.7.